The van der Waals surface area contributed by atoms with Crippen LogP contribution in [0.15, 0.2) is 71.6 Å². The van der Waals surface area contributed by atoms with Gasteiger partial charge >= 0.3 is 0 Å². The summed E-state index contributed by atoms with van der Waals surface area (Å²) in [5, 5.41) is 5.82. The number of anilines is 3. The molecule has 166 valence electrons. The Morgan fingerprint density at radius 1 is 0.781 bits per heavy atom. The van der Waals surface area contributed by atoms with Crippen LogP contribution in [0.3, 0.4) is 0 Å². The molecule has 3 N–H and O–H groups in total. The van der Waals surface area contributed by atoms with Crippen molar-refractivity contribution in [1.29, 1.82) is 0 Å². The minimum absolute atomic E-state index is 0.0140. The molecule has 0 aromatic heterocycles. The molecule has 0 aliphatic carbocycles. The Morgan fingerprint density at radius 2 is 1.34 bits per heavy atom. The third-order valence-corrected chi connectivity index (χ3v) is 6.38. The van der Waals surface area contributed by atoms with Gasteiger partial charge < -0.3 is 10.6 Å². The van der Waals surface area contributed by atoms with Crippen LogP contribution in [0.4, 0.5) is 17.1 Å². The van der Waals surface area contributed by atoms with Crippen LogP contribution < -0.4 is 15.4 Å². The predicted octanol–water partition coefficient (Wildman–Crippen LogP) is 4.93. The van der Waals surface area contributed by atoms with E-state index in [1.807, 2.05) is 0 Å². The first-order valence-corrected chi connectivity index (χ1v) is 11.6. The number of hydrogen-bond donors (Lipinski definition) is 3. The highest BCUT2D eigenvalue weighted by Crippen LogP contribution is 2.26. The first kappa shape index (κ1) is 23.6. The molecule has 0 saturated heterocycles. The van der Waals surface area contributed by atoms with Crippen LogP contribution in [0.5, 0.6) is 0 Å². The monoisotopic (exact) mass is 491 g/mol. The molecule has 7 nitrogen and oxygen atoms in total. The Balaban J connectivity index is 1.59. The Hall–Kier alpha value is -3.07. The minimum Gasteiger partial charge on any atom is -0.326 e. The summed E-state index contributed by atoms with van der Waals surface area (Å²) in [6.45, 7) is 1.42. The number of amides is 2. The van der Waals surface area contributed by atoms with Crippen molar-refractivity contribution in [3.05, 3.63) is 82.3 Å². The second-order valence-electron chi connectivity index (χ2n) is 6.86. The highest BCUT2D eigenvalue weighted by molar-refractivity contribution is 7.92. The van der Waals surface area contributed by atoms with Gasteiger partial charge in [-0.05, 0) is 60.2 Å². The van der Waals surface area contributed by atoms with Gasteiger partial charge in [0.25, 0.3) is 10.0 Å². The van der Waals surface area contributed by atoms with Crippen LogP contribution in [0.25, 0.3) is 0 Å². The zero-order valence-corrected chi connectivity index (χ0v) is 19.2. The van der Waals surface area contributed by atoms with E-state index in [0.29, 0.717) is 22.6 Å². The van der Waals surface area contributed by atoms with Gasteiger partial charge in [0.2, 0.25) is 11.8 Å². The molecule has 3 aromatic rings. The number of hydrogen-bond acceptors (Lipinski definition) is 4. The van der Waals surface area contributed by atoms with Crippen LogP contribution in [0, 0.1) is 0 Å². The Morgan fingerprint density at radius 3 is 1.91 bits per heavy atom. The van der Waals surface area contributed by atoms with Gasteiger partial charge in [0.15, 0.2) is 0 Å². The fourth-order valence-electron chi connectivity index (χ4n) is 2.78. The number of carbonyl (C=O) groups excluding carboxylic acids is 2. The number of carbonyl (C=O) groups is 2. The lowest BCUT2D eigenvalue weighted by atomic mass is 10.1. The number of sulfonamides is 1. The van der Waals surface area contributed by atoms with Crippen molar-refractivity contribution in [2.75, 3.05) is 15.4 Å². The zero-order valence-electron chi connectivity index (χ0n) is 16.9. The maximum absolute atomic E-state index is 12.5. The van der Waals surface area contributed by atoms with E-state index in [0.717, 1.165) is 0 Å². The summed E-state index contributed by atoms with van der Waals surface area (Å²) in [6.07, 6.45) is 0.104. The maximum Gasteiger partial charge on any atom is 0.261 e. The second kappa shape index (κ2) is 10.0. The maximum atomic E-state index is 12.5. The van der Waals surface area contributed by atoms with Gasteiger partial charge in [-0.3, -0.25) is 14.3 Å². The van der Waals surface area contributed by atoms with E-state index in [1.165, 1.54) is 25.1 Å². The van der Waals surface area contributed by atoms with Gasteiger partial charge in [0.1, 0.15) is 0 Å². The molecule has 2 amide bonds. The molecule has 10 heteroatoms. The molecule has 3 aromatic carbocycles. The lowest BCUT2D eigenvalue weighted by Crippen LogP contribution is -2.15. The van der Waals surface area contributed by atoms with E-state index in [4.69, 9.17) is 23.2 Å². The lowest BCUT2D eigenvalue weighted by molar-refractivity contribution is -0.116. The standard InChI is InChI=1S/C22H19Cl2N3O4S/c1-14(28)25-16-6-8-17(9-7-16)26-22(29)12-15-2-4-18(5-3-15)27-32(30,31)19-10-11-20(23)21(24)13-19/h2-11,13,27H,12H2,1H3,(H,25,28)(H,26,29). The van der Waals surface area contributed by atoms with Crippen molar-refractivity contribution >= 4 is 62.1 Å². The topological polar surface area (TPSA) is 104 Å². The van der Waals surface area contributed by atoms with Crippen LogP contribution in [0.1, 0.15) is 12.5 Å². The fourth-order valence-corrected chi connectivity index (χ4v) is 4.23. The van der Waals surface area contributed by atoms with E-state index in [9.17, 15) is 18.0 Å². The summed E-state index contributed by atoms with van der Waals surface area (Å²) in [7, 11) is -3.84. The Bertz CT molecular complexity index is 1250. The van der Waals surface area contributed by atoms with Crippen LogP contribution in [-0.4, -0.2) is 20.2 Å². The Kier molecular flexibility index (Phi) is 7.40. The third kappa shape index (κ3) is 6.46. The zero-order chi connectivity index (χ0) is 23.3. The highest BCUT2D eigenvalue weighted by Gasteiger charge is 2.16. The number of rotatable bonds is 7. The molecular formula is C22H19Cl2N3O4S. The van der Waals surface area contributed by atoms with Gasteiger partial charge in [-0.2, -0.15) is 0 Å². The molecule has 32 heavy (non-hydrogen) atoms. The Labute approximate surface area is 195 Å². The summed E-state index contributed by atoms with van der Waals surface area (Å²) in [4.78, 5) is 23.3. The molecule has 0 atom stereocenters. The molecule has 0 heterocycles. The molecular weight excluding hydrogens is 473 g/mol. The van der Waals surface area contributed by atoms with Crippen molar-refractivity contribution in [1.82, 2.24) is 0 Å². The number of nitrogens with one attached hydrogen (secondary N) is 3. The molecule has 0 saturated carbocycles. The smallest absolute Gasteiger partial charge is 0.261 e. The SMILES string of the molecule is CC(=O)Nc1ccc(NC(=O)Cc2ccc(NS(=O)(=O)c3ccc(Cl)c(Cl)c3)cc2)cc1. The van der Waals surface area contributed by atoms with E-state index in [-0.39, 0.29) is 33.2 Å². The van der Waals surface area contributed by atoms with E-state index < -0.39 is 10.0 Å². The largest absolute Gasteiger partial charge is 0.326 e. The first-order chi connectivity index (χ1) is 15.1. The minimum atomic E-state index is -3.84. The predicted molar refractivity (Wildman–Crippen MR) is 127 cm³/mol. The van der Waals surface area contributed by atoms with E-state index in [1.54, 1.807) is 48.5 Å². The van der Waals surface area contributed by atoms with Gasteiger partial charge in [-0.1, -0.05) is 35.3 Å². The lowest BCUT2D eigenvalue weighted by Gasteiger charge is -2.10. The molecule has 0 aliphatic heterocycles. The normalized spacial score (nSPS) is 11.0. The van der Waals surface area contributed by atoms with Gasteiger partial charge in [-0.15, -0.1) is 0 Å². The molecule has 3 rings (SSSR count). The van der Waals surface area contributed by atoms with Crippen LogP contribution in [0.2, 0.25) is 10.0 Å². The molecule has 0 bridgehead atoms. The number of halogens is 2. The first-order valence-electron chi connectivity index (χ1n) is 9.37. The van der Waals surface area contributed by atoms with Gasteiger partial charge in [0.05, 0.1) is 21.4 Å². The van der Waals surface area contributed by atoms with Crippen molar-refractivity contribution in [2.45, 2.75) is 18.2 Å². The summed E-state index contributed by atoms with van der Waals surface area (Å²) in [5.41, 5.74) is 2.27. The van der Waals surface area contributed by atoms with Gasteiger partial charge in [0, 0.05) is 24.0 Å². The third-order valence-electron chi connectivity index (χ3n) is 4.26. The van der Waals surface area contributed by atoms with E-state index >= 15 is 0 Å². The van der Waals surface area contributed by atoms with Gasteiger partial charge in [-0.25, -0.2) is 8.42 Å². The molecule has 0 unspecified atom stereocenters. The average molecular weight is 492 g/mol. The summed E-state index contributed by atoms with van der Waals surface area (Å²) in [5.74, 6) is -0.411. The summed E-state index contributed by atoms with van der Waals surface area (Å²) < 4.78 is 27.5. The molecule has 0 aliphatic rings. The summed E-state index contributed by atoms with van der Waals surface area (Å²) >= 11 is 11.7. The summed E-state index contributed by atoms with van der Waals surface area (Å²) in [6, 6.07) is 17.2. The highest BCUT2D eigenvalue weighted by atomic mass is 35.5. The van der Waals surface area contributed by atoms with Crippen molar-refractivity contribution in [2.24, 2.45) is 0 Å². The molecule has 0 spiro atoms. The molecule has 0 radical (unpaired) electrons. The fraction of sp³-hybridized carbons (Fsp3) is 0.0909. The van der Waals surface area contributed by atoms with Crippen LogP contribution >= 0.6 is 23.2 Å². The van der Waals surface area contributed by atoms with Crippen molar-refractivity contribution < 1.29 is 18.0 Å². The quantitative estimate of drug-likeness (QED) is 0.435. The average Bonchev–Trinajstić information content (AvgIpc) is 2.72. The van der Waals surface area contributed by atoms with E-state index in [2.05, 4.69) is 15.4 Å². The number of benzene rings is 3. The van der Waals surface area contributed by atoms with Crippen LogP contribution in [-0.2, 0) is 26.0 Å². The second-order valence-corrected chi connectivity index (χ2v) is 9.36. The van der Waals surface area contributed by atoms with Crippen molar-refractivity contribution in [3.8, 4) is 0 Å². The molecule has 0 fully saturated rings. The van der Waals surface area contributed by atoms with Crippen molar-refractivity contribution in [3.63, 3.8) is 0 Å².